The maximum atomic E-state index is 12.6. The molecule has 0 unspecified atom stereocenters. The van der Waals surface area contributed by atoms with E-state index in [0.29, 0.717) is 23.3 Å². The van der Waals surface area contributed by atoms with Gasteiger partial charge in [-0.1, -0.05) is 32.0 Å². The molecule has 122 valence electrons. The van der Waals surface area contributed by atoms with E-state index in [1.54, 1.807) is 24.9 Å². The molecule has 0 bridgehead atoms. The van der Waals surface area contributed by atoms with Crippen molar-refractivity contribution in [2.24, 2.45) is 5.92 Å². The van der Waals surface area contributed by atoms with Crippen molar-refractivity contribution >= 4 is 17.4 Å². The predicted octanol–water partition coefficient (Wildman–Crippen LogP) is 3.52. The van der Waals surface area contributed by atoms with E-state index in [2.05, 4.69) is 29.1 Å². The smallest absolute Gasteiger partial charge is 0.276 e. The zero-order valence-corrected chi connectivity index (χ0v) is 14.2. The molecule has 5 heteroatoms. The van der Waals surface area contributed by atoms with Gasteiger partial charge in [0, 0.05) is 25.3 Å². The van der Waals surface area contributed by atoms with Crippen molar-refractivity contribution < 1.29 is 4.79 Å². The van der Waals surface area contributed by atoms with Gasteiger partial charge in [0.15, 0.2) is 0 Å². The molecule has 1 N–H and O–H groups in total. The van der Waals surface area contributed by atoms with Crippen molar-refractivity contribution in [3.8, 4) is 0 Å². The molecule has 0 aliphatic rings. The van der Waals surface area contributed by atoms with Gasteiger partial charge in [-0.25, -0.2) is 9.97 Å². The Bertz CT molecular complexity index is 655. The number of benzene rings is 1. The van der Waals surface area contributed by atoms with Crippen molar-refractivity contribution in [3.63, 3.8) is 0 Å². The quantitative estimate of drug-likeness (QED) is 0.886. The molecule has 0 aliphatic heterocycles. The van der Waals surface area contributed by atoms with Gasteiger partial charge < -0.3 is 10.2 Å². The Morgan fingerprint density at radius 1 is 1.22 bits per heavy atom. The molecule has 0 fully saturated rings. The van der Waals surface area contributed by atoms with E-state index in [9.17, 15) is 4.79 Å². The third kappa shape index (κ3) is 4.77. The van der Waals surface area contributed by atoms with Gasteiger partial charge in [-0.2, -0.15) is 0 Å². The summed E-state index contributed by atoms with van der Waals surface area (Å²) in [5.41, 5.74) is 1.24. The highest BCUT2D eigenvalue weighted by molar-refractivity contribution is 6.04. The molecule has 2 rings (SSSR count). The summed E-state index contributed by atoms with van der Waals surface area (Å²) in [5.74, 6) is 1.76. The fourth-order valence-electron chi connectivity index (χ4n) is 2.20. The van der Waals surface area contributed by atoms with Crippen LogP contribution in [0.4, 0.5) is 11.5 Å². The van der Waals surface area contributed by atoms with Crippen LogP contribution in [0.1, 0.15) is 36.6 Å². The summed E-state index contributed by atoms with van der Waals surface area (Å²) in [6.45, 7) is 6.98. The van der Waals surface area contributed by atoms with E-state index in [-0.39, 0.29) is 5.91 Å². The average molecular weight is 312 g/mol. The van der Waals surface area contributed by atoms with Gasteiger partial charge in [0.05, 0.1) is 0 Å². The van der Waals surface area contributed by atoms with Crippen molar-refractivity contribution in [1.29, 1.82) is 0 Å². The summed E-state index contributed by atoms with van der Waals surface area (Å²) in [4.78, 5) is 22.9. The number of para-hydroxylation sites is 1. The zero-order valence-electron chi connectivity index (χ0n) is 14.2. The normalized spacial score (nSPS) is 10.7. The second kappa shape index (κ2) is 7.72. The molecule has 2 aromatic rings. The summed E-state index contributed by atoms with van der Waals surface area (Å²) in [5, 5.41) is 3.27. The summed E-state index contributed by atoms with van der Waals surface area (Å²) < 4.78 is 0. The summed E-state index contributed by atoms with van der Waals surface area (Å²) in [6.07, 6.45) is 1.05. The van der Waals surface area contributed by atoms with Crippen LogP contribution in [0.5, 0.6) is 0 Å². The Morgan fingerprint density at radius 3 is 2.57 bits per heavy atom. The van der Waals surface area contributed by atoms with Crippen LogP contribution < -0.4 is 10.2 Å². The van der Waals surface area contributed by atoms with Crippen molar-refractivity contribution in [2.45, 2.75) is 27.2 Å². The molecule has 5 nitrogen and oxygen atoms in total. The summed E-state index contributed by atoms with van der Waals surface area (Å²) in [6, 6.07) is 11.2. The van der Waals surface area contributed by atoms with E-state index in [1.807, 2.05) is 30.3 Å². The van der Waals surface area contributed by atoms with E-state index < -0.39 is 0 Å². The first-order valence-corrected chi connectivity index (χ1v) is 7.90. The number of carbonyl (C=O) groups excluding carboxylic acids is 1. The van der Waals surface area contributed by atoms with E-state index in [1.165, 1.54) is 0 Å². The van der Waals surface area contributed by atoms with Gasteiger partial charge in [0.2, 0.25) is 0 Å². The highest BCUT2D eigenvalue weighted by Crippen LogP contribution is 2.16. The SMILES string of the molecule is Cc1nc(NCCC(C)C)cc(C(=O)N(C)c2ccccc2)n1. The summed E-state index contributed by atoms with van der Waals surface area (Å²) >= 11 is 0. The monoisotopic (exact) mass is 312 g/mol. The van der Waals surface area contributed by atoms with Gasteiger partial charge in [0.1, 0.15) is 17.3 Å². The number of anilines is 2. The number of hydrogen-bond acceptors (Lipinski definition) is 4. The Hall–Kier alpha value is -2.43. The van der Waals surface area contributed by atoms with Gasteiger partial charge >= 0.3 is 0 Å². The Kier molecular flexibility index (Phi) is 5.68. The number of hydrogen-bond donors (Lipinski definition) is 1. The van der Waals surface area contributed by atoms with Crippen LogP contribution in [0, 0.1) is 12.8 Å². The minimum Gasteiger partial charge on any atom is -0.370 e. The number of aromatic nitrogens is 2. The number of carbonyl (C=O) groups is 1. The molecule has 1 aromatic heterocycles. The van der Waals surface area contributed by atoms with Crippen LogP contribution in [0.25, 0.3) is 0 Å². The number of rotatable bonds is 6. The fourth-order valence-corrected chi connectivity index (χ4v) is 2.20. The first-order chi connectivity index (χ1) is 11.0. The van der Waals surface area contributed by atoms with Crippen LogP contribution >= 0.6 is 0 Å². The maximum absolute atomic E-state index is 12.6. The Balaban J connectivity index is 2.15. The van der Waals surface area contributed by atoms with Crippen molar-refractivity contribution in [3.05, 3.63) is 47.9 Å². The Labute approximate surface area is 137 Å². The van der Waals surface area contributed by atoms with Crippen LogP contribution in [0.15, 0.2) is 36.4 Å². The van der Waals surface area contributed by atoms with Gasteiger partial charge in [-0.05, 0) is 31.4 Å². The van der Waals surface area contributed by atoms with Gasteiger partial charge in [-0.3, -0.25) is 4.79 Å². The number of amides is 1. The average Bonchev–Trinajstić information content (AvgIpc) is 2.53. The van der Waals surface area contributed by atoms with E-state index in [0.717, 1.165) is 18.7 Å². The number of nitrogens with one attached hydrogen (secondary N) is 1. The van der Waals surface area contributed by atoms with Gasteiger partial charge in [-0.15, -0.1) is 0 Å². The van der Waals surface area contributed by atoms with Crippen molar-refractivity contribution in [1.82, 2.24) is 9.97 Å². The molecular weight excluding hydrogens is 288 g/mol. The van der Waals surface area contributed by atoms with Crippen LogP contribution in [0.2, 0.25) is 0 Å². The predicted molar refractivity (Wildman–Crippen MR) is 93.9 cm³/mol. The largest absolute Gasteiger partial charge is 0.370 e. The molecular formula is C18H24N4O. The van der Waals surface area contributed by atoms with Crippen LogP contribution in [-0.2, 0) is 0 Å². The number of nitrogens with zero attached hydrogens (tertiary/aromatic N) is 3. The topological polar surface area (TPSA) is 58.1 Å². The lowest BCUT2D eigenvalue weighted by molar-refractivity contribution is 0.0988. The molecule has 23 heavy (non-hydrogen) atoms. The number of aryl methyl sites for hydroxylation is 1. The van der Waals surface area contributed by atoms with Crippen LogP contribution in [0.3, 0.4) is 0 Å². The lowest BCUT2D eigenvalue weighted by Crippen LogP contribution is -2.27. The lowest BCUT2D eigenvalue weighted by atomic mass is 10.1. The second-order valence-electron chi connectivity index (χ2n) is 5.99. The van der Waals surface area contributed by atoms with E-state index in [4.69, 9.17) is 0 Å². The molecule has 0 spiro atoms. The lowest BCUT2D eigenvalue weighted by Gasteiger charge is -2.17. The minimum absolute atomic E-state index is 0.145. The molecule has 0 saturated carbocycles. The van der Waals surface area contributed by atoms with E-state index >= 15 is 0 Å². The maximum Gasteiger partial charge on any atom is 0.276 e. The molecule has 1 heterocycles. The van der Waals surface area contributed by atoms with Crippen molar-refractivity contribution in [2.75, 3.05) is 23.8 Å². The highest BCUT2D eigenvalue weighted by Gasteiger charge is 2.16. The second-order valence-corrected chi connectivity index (χ2v) is 5.99. The summed E-state index contributed by atoms with van der Waals surface area (Å²) in [7, 11) is 1.75. The third-order valence-electron chi connectivity index (χ3n) is 3.53. The first kappa shape index (κ1) is 16.9. The standard InChI is InChI=1S/C18H24N4O/c1-13(2)10-11-19-17-12-16(20-14(3)21-17)18(23)22(4)15-8-6-5-7-9-15/h5-9,12-13H,10-11H2,1-4H3,(H,19,20,21). The first-order valence-electron chi connectivity index (χ1n) is 7.90. The molecule has 0 radical (unpaired) electrons. The molecule has 0 atom stereocenters. The molecule has 1 amide bonds. The molecule has 0 saturated heterocycles. The highest BCUT2D eigenvalue weighted by atomic mass is 16.2. The molecule has 0 aliphatic carbocycles. The minimum atomic E-state index is -0.145. The van der Waals surface area contributed by atoms with Crippen LogP contribution in [-0.4, -0.2) is 29.5 Å². The Morgan fingerprint density at radius 2 is 1.91 bits per heavy atom. The zero-order chi connectivity index (χ0) is 16.8. The molecule has 1 aromatic carbocycles. The van der Waals surface area contributed by atoms with Gasteiger partial charge in [0.25, 0.3) is 5.91 Å². The fraction of sp³-hybridized carbons (Fsp3) is 0.389. The third-order valence-corrected chi connectivity index (χ3v) is 3.53.